The second-order valence-electron chi connectivity index (χ2n) is 8.47. The minimum absolute atomic E-state index is 0.0233. The fourth-order valence-corrected chi connectivity index (χ4v) is 3.62. The first-order valence-electron chi connectivity index (χ1n) is 11.8. The summed E-state index contributed by atoms with van der Waals surface area (Å²) in [6, 6.07) is 7.70. The van der Waals surface area contributed by atoms with Gasteiger partial charge in [0.25, 0.3) is 5.91 Å². The molecule has 0 unspecified atom stereocenters. The Morgan fingerprint density at radius 2 is 1.68 bits per heavy atom. The van der Waals surface area contributed by atoms with Gasteiger partial charge in [-0.25, -0.2) is 9.97 Å². The summed E-state index contributed by atoms with van der Waals surface area (Å²) < 4.78 is 44.5. The maximum atomic E-state index is 13.1. The van der Waals surface area contributed by atoms with Crippen molar-refractivity contribution in [3.63, 3.8) is 0 Å². The molecule has 2 heterocycles. The van der Waals surface area contributed by atoms with Crippen LogP contribution in [0.4, 0.5) is 30.5 Å². The van der Waals surface area contributed by atoms with Crippen molar-refractivity contribution in [2.24, 2.45) is 0 Å². The summed E-state index contributed by atoms with van der Waals surface area (Å²) in [4.78, 5) is 23.0. The van der Waals surface area contributed by atoms with Crippen LogP contribution >= 0.6 is 0 Å². The number of nitrogen functional groups attached to an aromatic ring is 1. The molecule has 0 bridgehead atoms. The number of hydrogen-bond donors (Lipinski definition) is 3. The lowest BCUT2D eigenvalue weighted by Crippen LogP contribution is -2.16. The van der Waals surface area contributed by atoms with Gasteiger partial charge in [0.15, 0.2) is 0 Å². The third kappa shape index (κ3) is 7.85. The lowest BCUT2D eigenvalue weighted by molar-refractivity contribution is -0.137. The number of nitrogens with zero attached hydrogens (tertiary/aromatic N) is 3. The molecule has 1 fully saturated rings. The number of carbonyl (C=O) groups excluding carboxylic acids is 1. The zero-order valence-electron chi connectivity index (χ0n) is 21.3. The van der Waals surface area contributed by atoms with Crippen molar-refractivity contribution < 1.29 is 22.7 Å². The molecule has 1 aromatic heterocycles. The monoisotopic (exact) mass is 526 g/mol. The summed E-state index contributed by atoms with van der Waals surface area (Å²) in [5.74, 6) is 5.42. The molecule has 0 radical (unpaired) electrons. The van der Waals surface area contributed by atoms with Crippen LogP contribution in [0.2, 0.25) is 0 Å². The van der Waals surface area contributed by atoms with Gasteiger partial charge in [-0.05, 0) is 69.4 Å². The average molecular weight is 527 g/mol. The highest BCUT2D eigenvalue weighted by atomic mass is 19.4. The topological polar surface area (TPSA) is 105 Å². The summed E-state index contributed by atoms with van der Waals surface area (Å²) in [6.45, 7) is 2.64. The fraction of sp³-hybridized carbons (Fsp3) is 0.296. The van der Waals surface area contributed by atoms with Crippen LogP contribution in [0, 0.1) is 11.8 Å². The minimum atomic E-state index is -4.55. The van der Waals surface area contributed by atoms with E-state index in [0.29, 0.717) is 16.8 Å². The molecule has 1 saturated heterocycles. The maximum Gasteiger partial charge on any atom is 0.416 e. The van der Waals surface area contributed by atoms with Crippen LogP contribution in [0.25, 0.3) is 0 Å². The molecule has 8 nitrogen and oxygen atoms in total. The Balaban J connectivity index is 0.000000585. The molecule has 2 aromatic carbocycles. The van der Waals surface area contributed by atoms with E-state index in [1.165, 1.54) is 64.6 Å². The lowest BCUT2D eigenvalue weighted by Gasteiger charge is -2.15. The van der Waals surface area contributed by atoms with Gasteiger partial charge in [0.1, 0.15) is 5.75 Å². The van der Waals surface area contributed by atoms with Crippen molar-refractivity contribution in [1.82, 2.24) is 14.9 Å². The normalized spacial score (nSPS) is 13.0. The summed E-state index contributed by atoms with van der Waals surface area (Å²) in [5, 5.41) is 5.27. The van der Waals surface area contributed by atoms with E-state index in [9.17, 15) is 18.0 Å². The first kappa shape index (κ1) is 28.3. The maximum absolute atomic E-state index is 13.1. The summed E-state index contributed by atoms with van der Waals surface area (Å²) in [7, 11) is 5.09. The van der Waals surface area contributed by atoms with Gasteiger partial charge in [-0.15, -0.1) is 0 Å². The molecule has 4 N–H and O–H groups in total. The summed E-state index contributed by atoms with van der Waals surface area (Å²) >= 11 is 0. The van der Waals surface area contributed by atoms with Gasteiger partial charge in [-0.2, -0.15) is 13.2 Å². The van der Waals surface area contributed by atoms with Crippen molar-refractivity contribution in [2.75, 3.05) is 50.7 Å². The standard InChI is InChI=1S/C22H18F3N5O2.C5H11N/c1-27-17-7-6-15(22(23,24)25)10-18(17)30-20(31)16-9-13(5-8-19(16)32-2)3-4-14-11-28-21(26)29-12-14;1-6-4-2-3-5-6/h5-12,27H,1-2H3,(H,30,31)(H2,26,28,29);2-5H2,1H3. The van der Waals surface area contributed by atoms with E-state index in [0.717, 1.165) is 12.1 Å². The van der Waals surface area contributed by atoms with Gasteiger partial charge in [-0.1, -0.05) is 11.8 Å². The highest BCUT2D eigenvalue weighted by molar-refractivity contribution is 6.08. The molecule has 11 heteroatoms. The SMILES string of the molecule is CN1CCCC1.CNc1ccc(C(F)(F)F)cc1NC(=O)c1cc(C#Cc2cnc(N)nc2)ccc1OC. The van der Waals surface area contributed by atoms with Crippen LogP contribution in [-0.4, -0.2) is 55.1 Å². The molecular weight excluding hydrogens is 497 g/mol. The summed E-state index contributed by atoms with van der Waals surface area (Å²) in [5.41, 5.74) is 5.95. The van der Waals surface area contributed by atoms with Crippen molar-refractivity contribution in [1.29, 1.82) is 0 Å². The molecule has 0 atom stereocenters. The molecule has 0 saturated carbocycles. The molecule has 200 valence electrons. The Bertz CT molecular complexity index is 1310. The molecule has 3 aromatic rings. The van der Waals surface area contributed by atoms with Crippen LogP contribution in [-0.2, 0) is 6.18 Å². The number of hydrogen-bond acceptors (Lipinski definition) is 7. The largest absolute Gasteiger partial charge is 0.496 e. The Hall–Kier alpha value is -4.30. The minimum Gasteiger partial charge on any atom is -0.496 e. The van der Waals surface area contributed by atoms with E-state index in [4.69, 9.17) is 10.5 Å². The van der Waals surface area contributed by atoms with E-state index in [1.54, 1.807) is 12.1 Å². The van der Waals surface area contributed by atoms with Gasteiger partial charge >= 0.3 is 6.18 Å². The molecule has 1 amide bonds. The fourth-order valence-electron chi connectivity index (χ4n) is 3.62. The van der Waals surface area contributed by atoms with E-state index in [2.05, 4.69) is 44.4 Å². The van der Waals surface area contributed by atoms with Crippen LogP contribution in [0.5, 0.6) is 5.75 Å². The van der Waals surface area contributed by atoms with Gasteiger partial charge in [0.2, 0.25) is 5.95 Å². The Kier molecular flexibility index (Phi) is 9.51. The Morgan fingerprint density at radius 3 is 2.24 bits per heavy atom. The molecule has 38 heavy (non-hydrogen) atoms. The van der Waals surface area contributed by atoms with E-state index in [-0.39, 0.29) is 22.9 Å². The number of ether oxygens (including phenoxy) is 1. The predicted molar refractivity (Wildman–Crippen MR) is 141 cm³/mol. The number of nitrogens with two attached hydrogens (primary N) is 1. The first-order valence-corrected chi connectivity index (χ1v) is 11.8. The number of nitrogens with one attached hydrogen (secondary N) is 2. The molecule has 1 aliphatic heterocycles. The number of alkyl halides is 3. The lowest BCUT2D eigenvalue weighted by atomic mass is 10.1. The molecule has 4 rings (SSSR count). The number of halogens is 3. The second-order valence-corrected chi connectivity index (χ2v) is 8.47. The zero-order valence-corrected chi connectivity index (χ0v) is 21.3. The quantitative estimate of drug-likeness (QED) is 0.430. The number of benzene rings is 2. The molecule has 1 aliphatic rings. The van der Waals surface area contributed by atoms with Gasteiger partial charge in [-0.3, -0.25) is 4.79 Å². The highest BCUT2D eigenvalue weighted by Crippen LogP contribution is 2.34. The van der Waals surface area contributed by atoms with Gasteiger partial charge in [0, 0.05) is 25.0 Å². The molecular formula is C27H29F3N6O2. The average Bonchev–Trinajstić information content (AvgIpc) is 3.38. The third-order valence-electron chi connectivity index (χ3n) is 5.66. The third-order valence-corrected chi connectivity index (χ3v) is 5.66. The Labute approximate surface area is 219 Å². The van der Waals surface area contributed by atoms with Crippen LogP contribution < -0.4 is 21.1 Å². The van der Waals surface area contributed by atoms with Crippen molar-refractivity contribution in [3.8, 4) is 17.6 Å². The van der Waals surface area contributed by atoms with Crippen molar-refractivity contribution >= 4 is 23.2 Å². The van der Waals surface area contributed by atoms with Crippen molar-refractivity contribution in [3.05, 3.63) is 71.0 Å². The zero-order chi connectivity index (χ0) is 27.7. The van der Waals surface area contributed by atoms with E-state index >= 15 is 0 Å². The number of carbonyl (C=O) groups is 1. The number of amides is 1. The first-order chi connectivity index (χ1) is 18.1. The smallest absolute Gasteiger partial charge is 0.416 e. The molecule has 0 aliphatic carbocycles. The summed E-state index contributed by atoms with van der Waals surface area (Å²) in [6.07, 6.45) is 1.19. The Morgan fingerprint density at radius 1 is 1.03 bits per heavy atom. The van der Waals surface area contributed by atoms with Gasteiger partial charge in [0.05, 0.1) is 35.2 Å². The number of rotatable bonds is 4. The van der Waals surface area contributed by atoms with Gasteiger partial charge < -0.3 is 26.0 Å². The van der Waals surface area contributed by atoms with Crippen LogP contribution in [0.3, 0.4) is 0 Å². The van der Waals surface area contributed by atoms with Crippen molar-refractivity contribution in [2.45, 2.75) is 19.0 Å². The molecule has 0 spiro atoms. The van der Waals surface area contributed by atoms with Crippen LogP contribution in [0.15, 0.2) is 48.8 Å². The number of aromatic nitrogens is 2. The predicted octanol–water partition coefficient (Wildman–Crippen LogP) is 4.49. The highest BCUT2D eigenvalue weighted by Gasteiger charge is 2.31. The number of methoxy groups -OCH3 is 1. The number of anilines is 3. The number of likely N-dealkylation sites (tertiary alicyclic amines) is 1. The van der Waals surface area contributed by atoms with Crippen LogP contribution in [0.1, 0.15) is 39.9 Å². The van der Waals surface area contributed by atoms with E-state index < -0.39 is 17.6 Å². The second kappa shape index (κ2) is 12.8. The van der Waals surface area contributed by atoms with E-state index in [1.807, 2.05) is 0 Å².